The fourth-order valence-electron chi connectivity index (χ4n) is 4.28. The molecule has 1 fully saturated rings. The largest absolute Gasteiger partial charge is 0.508 e. The Hall–Kier alpha value is -2.52. The first-order valence-corrected chi connectivity index (χ1v) is 10.2. The molecule has 2 aromatic carbocycles. The van der Waals surface area contributed by atoms with Crippen LogP contribution in [0.3, 0.4) is 0 Å². The molecule has 0 unspecified atom stereocenters. The molecular formula is C25H28O3. The Balaban J connectivity index is 1.62. The molecule has 0 radical (unpaired) electrons. The highest BCUT2D eigenvalue weighted by molar-refractivity contribution is 5.38. The van der Waals surface area contributed by atoms with Gasteiger partial charge < -0.3 is 14.9 Å². The molecule has 2 N–H and O–H groups in total. The molecule has 1 aliphatic carbocycles. The summed E-state index contributed by atoms with van der Waals surface area (Å²) in [6, 6.07) is 20.0. The summed E-state index contributed by atoms with van der Waals surface area (Å²) in [5.74, 6) is 1.58. The van der Waals surface area contributed by atoms with Crippen molar-refractivity contribution in [2.75, 3.05) is 6.61 Å². The average molecular weight is 376 g/mol. The highest BCUT2D eigenvalue weighted by Crippen LogP contribution is 2.48. The van der Waals surface area contributed by atoms with Crippen LogP contribution in [0, 0.1) is 11.8 Å². The zero-order chi connectivity index (χ0) is 19.5. The van der Waals surface area contributed by atoms with E-state index in [1.54, 1.807) is 6.08 Å². The Morgan fingerprint density at radius 3 is 2.11 bits per heavy atom. The Morgan fingerprint density at radius 2 is 1.57 bits per heavy atom. The molecule has 2 aliphatic rings. The third-order valence-corrected chi connectivity index (χ3v) is 5.96. The van der Waals surface area contributed by atoms with E-state index in [9.17, 15) is 10.2 Å². The molecule has 3 atom stereocenters. The molecule has 3 heteroatoms. The second-order valence-electron chi connectivity index (χ2n) is 7.84. The van der Waals surface area contributed by atoms with E-state index in [0.29, 0.717) is 24.0 Å². The molecule has 4 rings (SSSR count). The van der Waals surface area contributed by atoms with Gasteiger partial charge in [-0.1, -0.05) is 67.6 Å². The quantitative estimate of drug-likeness (QED) is 0.655. The van der Waals surface area contributed by atoms with Gasteiger partial charge in [-0.25, -0.2) is 0 Å². The fraction of sp³-hybridized carbons (Fsp3) is 0.360. The molecule has 1 heterocycles. The van der Waals surface area contributed by atoms with Crippen LogP contribution >= 0.6 is 0 Å². The lowest BCUT2D eigenvalue weighted by molar-refractivity contribution is 0.0746. The van der Waals surface area contributed by atoms with Gasteiger partial charge in [0.15, 0.2) is 0 Å². The predicted molar refractivity (Wildman–Crippen MR) is 111 cm³/mol. The Kier molecular flexibility index (Phi) is 5.54. The molecule has 0 saturated heterocycles. The van der Waals surface area contributed by atoms with Crippen LogP contribution in [0.4, 0.5) is 0 Å². The van der Waals surface area contributed by atoms with Gasteiger partial charge >= 0.3 is 0 Å². The van der Waals surface area contributed by atoms with Crippen molar-refractivity contribution in [3.63, 3.8) is 0 Å². The van der Waals surface area contributed by atoms with Crippen LogP contribution in [0.5, 0.6) is 0 Å². The van der Waals surface area contributed by atoms with E-state index in [1.807, 2.05) is 43.3 Å². The van der Waals surface area contributed by atoms with Crippen molar-refractivity contribution in [1.82, 2.24) is 0 Å². The van der Waals surface area contributed by atoms with Crippen molar-refractivity contribution in [3.8, 4) is 0 Å². The summed E-state index contributed by atoms with van der Waals surface area (Å²) < 4.78 is 6.12. The SMILES string of the molecule is CC[C@H](C1=CC(O)=C([C@@H](c2ccccc2)C2CC2)CO1)[C@@H](O)c1ccccc1. The summed E-state index contributed by atoms with van der Waals surface area (Å²) >= 11 is 0. The number of benzene rings is 2. The predicted octanol–water partition coefficient (Wildman–Crippen LogP) is 5.67. The molecule has 0 spiro atoms. The van der Waals surface area contributed by atoms with Crippen molar-refractivity contribution in [2.45, 2.75) is 38.2 Å². The van der Waals surface area contributed by atoms with Gasteiger partial charge in [-0.2, -0.15) is 0 Å². The van der Waals surface area contributed by atoms with E-state index in [2.05, 4.69) is 24.3 Å². The van der Waals surface area contributed by atoms with Crippen LogP contribution < -0.4 is 0 Å². The maximum absolute atomic E-state index is 10.9. The van der Waals surface area contributed by atoms with E-state index < -0.39 is 6.10 Å². The van der Waals surface area contributed by atoms with Gasteiger partial charge in [0, 0.05) is 23.5 Å². The average Bonchev–Trinajstić information content (AvgIpc) is 3.57. The highest BCUT2D eigenvalue weighted by atomic mass is 16.5. The number of ether oxygens (including phenoxy) is 1. The number of aliphatic hydroxyl groups is 2. The van der Waals surface area contributed by atoms with Crippen LogP contribution in [0.1, 0.15) is 49.3 Å². The van der Waals surface area contributed by atoms with Crippen LogP contribution in [0.15, 0.2) is 83.8 Å². The van der Waals surface area contributed by atoms with Gasteiger partial charge in [-0.3, -0.25) is 0 Å². The van der Waals surface area contributed by atoms with E-state index in [4.69, 9.17) is 4.74 Å². The molecular weight excluding hydrogens is 348 g/mol. The van der Waals surface area contributed by atoms with Gasteiger partial charge in [-0.15, -0.1) is 0 Å². The Labute approximate surface area is 167 Å². The minimum Gasteiger partial charge on any atom is -0.508 e. The third-order valence-electron chi connectivity index (χ3n) is 5.96. The number of hydrogen-bond acceptors (Lipinski definition) is 3. The van der Waals surface area contributed by atoms with E-state index in [-0.39, 0.29) is 11.8 Å². The van der Waals surface area contributed by atoms with E-state index in [0.717, 1.165) is 17.6 Å². The lowest BCUT2D eigenvalue weighted by Gasteiger charge is -2.30. The number of hydrogen-bond donors (Lipinski definition) is 2. The molecule has 146 valence electrons. The van der Waals surface area contributed by atoms with Crippen LogP contribution in [-0.4, -0.2) is 16.8 Å². The summed E-state index contributed by atoms with van der Waals surface area (Å²) in [7, 11) is 0. The second-order valence-corrected chi connectivity index (χ2v) is 7.84. The lowest BCUT2D eigenvalue weighted by Crippen LogP contribution is -2.22. The van der Waals surface area contributed by atoms with Gasteiger partial charge in [0.1, 0.15) is 18.1 Å². The number of rotatable bonds is 7. The molecule has 0 bridgehead atoms. The fourth-order valence-corrected chi connectivity index (χ4v) is 4.28. The van der Waals surface area contributed by atoms with Crippen molar-refractivity contribution in [1.29, 1.82) is 0 Å². The van der Waals surface area contributed by atoms with Gasteiger partial charge in [0.25, 0.3) is 0 Å². The Bertz CT molecular complexity index is 850. The van der Waals surface area contributed by atoms with Crippen molar-refractivity contribution in [3.05, 3.63) is 95.0 Å². The molecule has 1 aliphatic heterocycles. The van der Waals surface area contributed by atoms with Crippen LogP contribution in [0.25, 0.3) is 0 Å². The maximum Gasteiger partial charge on any atom is 0.122 e. The van der Waals surface area contributed by atoms with Gasteiger partial charge in [-0.05, 0) is 36.3 Å². The summed E-state index contributed by atoms with van der Waals surface area (Å²) in [4.78, 5) is 0. The molecule has 1 saturated carbocycles. The minimum absolute atomic E-state index is 0.179. The maximum atomic E-state index is 10.9. The van der Waals surface area contributed by atoms with Crippen LogP contribution in [-0.2, 0) is 4.74 Å². The molecule has 0 amide bonds. The summed E-state index contributed by atoms with van der Waals surface area (Å²) in [6.07, 6.45) is 4.20. The van der Waals surface area contributed by atoms with Crippen molar-refractivity contribution >= 4 is 0 Å². The van der Waals surface area contributed by atoms with Crippen molar-refractivity contribution in [2.24, 2.45) is 11.8 Å². The smallest absolute Gasteiger partial charge is 0.122 e. The first-order chi connectivity index (χ1) is 13.7. The summed E-state index contributed by atoms with van der Waals surface area (Å²) in [6.45, 7) is 2.42. The van der Waals surface area contributed by atoms with E-state index in [1.165, 1.54) is 18.4 Å². The van der Waals surface area contributed by atoms with E-state index >= 15 is 0 Å². The molecule has 2 aromatic rings. The number of aliphatic hydroxyl groups excluding tert-OH is 2. The standard InChI is InChI=1S/C25H28O3/c1-2-20(25(27)19-11-7-4-8-12-19)23-15-22(26)21(16-28-23)24(18-13-14-18)17-9-5-3-6-10-17/h3-12,15,18,20,24-27H,2,13-14,16H2,1H3/t20-,24+,25+/m1/s1. The highest BCUT2D eigenvalue weighted by Gasteiger charge is 2.38. The Morgan fingerprint density at radius 1 is 0.964 bits per heavy atom. The zero-order valence-electron chi connectivity index (χ0n) is 16.3. The third kappa shape index (κ3) is 3.85. The lowest BCUT2D eigenvalue weighted by atomic mass is 9.84. The first-order valence-electron chi connectivity index (χ1n) is 10.2. The number of allylic oxidation sites excluding steroid dienone is 1. The monoisotopic (exact) mass is 376 g/mol. The van der Waals surface area contributed by atoms with Crippen LogP contribution in [0.2, 0.25) is 0 Å². The summed E-state index contributed by atoms with van der Waals surface area (Å²) in [5.41, 5.74) is 3.07. The molecule has 28 heavy (non-hydrogen) atoms. The zero-order valence-corrected chi connectivity index (χ0v) is 16.3. The molecule has 0 aromatic heterocycles. The van der Waals surface area contributed by atoms with Gasteiger partial charge in [0.05, 0.1) is 6.10 Å². The molecule has 3 nitrogen and oxygen atoms in total. The van der Waals surface area contributed by atoms with Crippen molar-refractivity contribution < 1.29 is 14.9 Å². The summed E-state index contributed by atoms with van der Waals surface area (Å²) in [5, 5.41) is 21.7. The normalized spacial score (nSPS) is 20.1. The minimum atomic E-state index is -0.653. The van der Waals surface area contributed by atoms with Gasteiger partial charge in [0.2, 0.25) is 0 Å². The second kappa shape index (κ2) is 8.24. The first kappa shape index (κ1) is 18.8. The topological polar surface area (TPSA) is 49.7 Å².